The van der Waals surface area contributed by atoms with Crippen molar-refractivity contribution in [3.63, 3.8) is 0 Å². The number of aliphatic hydroxyl groups is 3. The molecule has 0 spiro atoms. The molecule has 2 amide bonds. The Bertz CT molecular complexity index is 1650. The van der Waals surface area contributed by atoms with Crippen molar-refractivity contribution >= 4 is 46.4 Å². The van der Waals surface area contributed by atoms with Crippen LogP contribution in [0.1, 0.15) is 30.4 Å². The van der Waals surface area contributed by atoms with Gasteiger partial charge in [0.2, 0.25) is 11.8 Å². The molecule has 1 saturated heterocycles. The molecule has 10 nitrogen and oxygen atoms in total. The molecule has 1 aliphatic carbocycles. The number of carbonyl (C=O) groups excluding carboxylic acids is 2. The van der Waals surface area contributed by atoms with Crippen LogP contribution in [0.15, 0.2) is 83.9 Å². The average Bonchev–Trinajstić information content (AvgIpc) is 3.28. The third-order valence-electron chi connectivity index (χ3n) is 8.37. The zero-order chi connectivity index (χ0) is 31.5. The summed E-state index contributed by atoms with van der Waals surface area (Å²) in [5.41, 5.74) is 2.86. The van der Waals surface area contributed by atoms with Crippen molar-refractivity contribution in [3.8, 4) is 5.75 Å². The van der Waals surface area contributed by atoms with E-state index in [0.717, 1.165) is 22.1 Å². The zero-order valence-electron chi connectivity index (χ0n) is 23.5. The smallest absolute Gasteiger partial charge is 0.271 e. The molecule has 1 heterocycles. The van der Waals surface area contributed by atoms with Crippen LogP contribution in [-0.4, -0.2) is 56.5 Å². The van der Waals surface area contributed by atoms with Gasteiger partial charge in [-0.05, 0) is 77.5 Å². The second-order valence-corrected chi connectivity index (χ2v) is 11.3. The molecular formula is C33H31ClN2O8. The van der Waals surface area contributed by atoms with Gasteiger partial charge in [-0.15, -0.1) is 0 Å². The molecule has 4 N–H and O–H groups in total. The first kappa shape index (κ1) is 31.1. The van der Waals surface area contributed by atoms with Crippen molar-refractivity contribution < 1.29 is 34.9 Å². The van der Waals surface area contributed by atoms with Crippen molar-refractivity contribution in [1.29, 1.82) is 0 Å². The van der Waals surface area contributed by atoms with E-state index in [1.165, 1.54) is 30.3 Å². The maximum Gasteiger partial charge on any atom is 0.271 e. The highest BCUT2D eigenvalue weighted by Gasteiger charge is 2.55. The molecule has 0 saturated carbocycles. The summed E-state index contributed by atoms with van der Waals surface area (Å²) in [6.45, 7) is -1.03. The molecule has 2 aliphatic rings. The number of nitro groups is 1. The van der Waals surface area contributed by atoms with E-state index < -0.39 is 53.8 Å². The summed E-state index contributed by atoms with van der Waals surface area (Å²) in [6, 6.07) is 19.3. The van der Waals surface area contributed by atoms with Crippen LogP contribution in [0.3, 0.4) is 0 Å². The predicted molar refractivity (Wildman–Crippen MR) is 165 cm³/mol. The number of nitrogens with zero attached hydrogens (tertiary/aromatic N) is 2. The molecule has 0 radical (unpaired) electrons. The number of benzene rings is 3. The minimum Gasteiger partial charge on any atom is -0.508 e. The van der Waals surface area contributed by atoms with Gasteiger partial charge in [0.1, 0.15) is 5.75 Å². The van der Waals surface area contributed by atoms with E-state index >= 15 is 0 Å². The quantitative estimate of drug-likeness (QED) is 0.0832. The van der Waals surface area contributed by atoms with Crippen molar-refractivity contribution in [1.82, 2.24) is 0 Å². The summed E-state index contributed by atoms with van der Waals surface area (Å²) in [7, 11) is 0. The molecule has 44 heavy (non-hydrogen) atoms. The van der Waals surface area contributed by atoms with Crippen molar-refractivity contribution in [3.05, 3.63) is 110 Å². The average molecular weight is 619 g/mol. The second-order valence-electron chi connectivity index (χ2n) is 10.9. The minimum atomic E-state index is -1.16. The number of hydrogen-bond donors (Lipinski definition) is 4. The number of non-ortho nitro benzene ring substituents is 1. The number of amides is 2. The van der Waals surface area contributed by atoms with Gasteiger partial charge in [-0.25, -0.2) is 4.90 Å². The Morgan fingerprint density at radius 1 is 1.05 bits per heavy atom. The van der Waals surface area contributed by atoms with Crippen LogP contribution in [0.2, 0.25) is 5.02 Å². The number of nitro benzene ring substituents is 1. The van der Waals surface area contributed by atoms with E-state index in [9.17, 15) is 40.1 Å². The van der Waals surface area contributed by atoms with Crippen LogP contribution in [-0.2, 0) is 9.59 Å². The van der Waals surface area contributed by atoms with Crippen LogP contribution in [0.25, 0.3) is 11.6 Å². The maximum atomic E-state index is 13.7. The number of phenolic OH excluding ortho intramolecular Hbond substituents is 1. The molecule has 0 bridgehead atoms. The van der Waals surface area contributed by atoms with Crippen molar-refractivity contribution in [2.75, 3.05) is 18.1 Å². The van der Waals surface area contributed by atoms with Gasteiger partial charge in [-0.2, -0.15) is 0 Å². The van der Waals surface area contributed by atoms with Crippen LogP contribution in [0.5, 0.6) is 5.75 Å². The summed E-state index contributed by atoms with van der Waals surface area (Å²) in [4.78, 5) is 38.8. The van der Waals surface area contributed by atoms with Crippen LogP contribution < -0.4 is 4.90 Å². The second kappa shape index (κ2) is 13.1. The highest BCUT2D eigenvalue weighted by atomic mass is 35.5. The molecule has 0 aromatic heterocycles. The third kappa shape index (κ3) is 6.02. The van der Waals surface area contributed by atoms with E-state index in [4.69, 9.17) is 11.6 Å². The standard InChI is InChI=1S/C33H31ClN2O8/c34-28-16-25(39)11-9-21(28)13-20(19-5-2-1-3-6-19)10-12-29(40)30-22(17-37)14-26-31(27(30)18-38)33(42)35(32(26)41)23-7-4-8-24(15-23)36(43)44/h1-9,11,13,15-16,26-27,29,31,37-40H,10,12,14,17-18H2/b20-13-/t26-,27+,29-,31-/m1/s1. The molecular weight excluding hydrogens is 588 g/mol. The number of carbonyl (C=O) groups is 2. The Morgan fingerprint density at radius 2 is 1.80 bits per heavy atom. The van der Waals surface area contributed by atoms with Crippen molar-refractivity contribution in [2.24, 2.45) is 17.8 Å². The molecule has 228 valence electrons. The number of halogens is 1. The Hall–Kier alpha value is -4.35. The summed E-state index contributed by atoms with van der Waals surface area (Å²) < 4.78 is 0. The Morgan fingerprint density at radius 3 is 2.45 bits per heavy atom. The van der Waals surface area contributed by atoms with Gasteiger partial charge in [-0.1, -0.05) is 48.0 Å². The molecule has 11 heteroatoms. The Balaban J connectivity index is 1.44. The highest BCUT2D eigenvalue weighted by Crippen LogP contribution is 2.47. The van der Waals surface area contributed by atoms with E-state index in [-0.39, 0.29) is 30.0 Å². The largest absolute Gasteiger partial charge is 0.508 e. The summed E-state index contributed by atoms with van der Waals surface area (Å²) in [6.07, 6.45) is 1.22. The van der Waals surface area contributed by atoms with Crippen LogP contribution in [0, 0.1) is 27.9 Å². The van der Waals surface area contributed by atoms with E-state index in [0.29, 0.717) is 28.2 Å². The molecule has 1 aliphatic heterocycles. The number of aromatic hydroxyl groups is 1. The normalized spacial score (nSPS) is 21.0. The molecule has 4 atom stereocenters. The number of aliphatic hydroxyl groups excluding tert-OH is 3. The first-order valence-corrected chi connectivity index (χ1v) is 14.5. The van der Waals surface area contributed by atoms with Gasteiger partial charge >= 0.3 is 0 Å². The maximum absolute atomic E-state index is 13.7. The van der Waals surface area contributed by atoms with E-state index in [1.807, 2.05) is 36.4 Å². The van der Waals surface area contributed by atoms with Gasteiger partial charge in [0.05, 0.1) is 46.8 Å². The SMILES string of the molecule is O=C1[C@@H]2[C@@H](CC(CO)=C([C@H](O)CC/C(=C/c3ccc(O)cc3Cl)c3ccccc3)[C@@H]2CO)C(=O)N1c1cccc([N+](=O)[O-])c1. The Kier molecular flexibility index (Phi) is 9.26. The van der Waals surface area contributed by atoms with Gasteiger partial charge < -0.3 is 20.4 Å². The fourth-order valence-electron chi connectivity index (χ4n) is 6.33. The topological polar surface area (TPSA) is 161 Å². The van der Waals surface area contributed by atoms with Gasteiger partial charge in [-0.3, -0.25) is 19.7 Å². The molecule has 5 rings (SSSR count). The lowest BCUT2D eigenvalue weighted by Gasteiger charge is -2.36. The lowest BCUT2D eigenvalue weighted by atomic mass is 9.68. The number of hydrogen-bond acceptors (Lipinski definition) is 8. The third-order valence-corrected chi connectivity index (χ3v) is 8.70. The van der Waals surface area contributed by atoms with Gasteiger partial charge in [0, 0.05) is 18.1 Å². The lowest BCUT2D eigenvalue weighted by molar-refractivity contribution is -0.384. The first-order chi connectivity index (χ1) is 21.1. The summed E-state index contributed by atoms with van der Waals surface area (Å²) in [5, 5.41) is 53.8. The van der Waals surface area contributed by atoms with Crippen LogP contribution >= 0.6 is 11.6 Å². The number of allylic oxidation sites excluding steroid dienone is 1. The predicted octanol–water partition coefficient (Wildman–Crippen LogP) is 4.74. The first-order valence-electron chi connectivity index (χ1n) is 14.1. The number of anilines is 1. The number of phenols is 1. The van der Waals surface area contributed by atoms with Crippen LogP contribution in [0.4, 0.5) is 11.4 Å². The monoisotopic (exact) mass is 618 g/mol. The Labute approximate surface area is 258 Å². The van der Waals surface area contributed by atoms with E-state index in [1.54, 1.807) is 6.07 Å². The number of imide groups is 1. The fraction of sp³-hybridized carbons (Fsp3) is 0.273. The summed E-state index contributed by atoms with van der Waals surface area (Å²) in [5.74, 6) is -4.00. The number of rotatable bonds is 10. The molecule has 3 aromatic carbocycles. The fourth-order valence-corrected chi connectivity index (χ4v) is 6.56. The van der Waals surface area contributed by atoms with Crippen molar-refractivity contribution in [2.45, 2.75) is 25.4 Å². The zero-order valence-corrected chi connectivity index (χ0v) is 24.3. The highest BCUT2D eigenvalue weighted by molar-refractivity contribution is 6.32. The molecule has 3 aromatic rings. The molecule has 1 fully saturated rings. The molecule has 0 unspecified atom stereocenters. The van der Waals surface area contributed by atoms with Gasteiger partial charge in [0.15, 0.2) is 0 Å². The van der Waals surface area contributed by atoms with Gasteiger partial charge in [0.25, 0.3) is 5.69 Å². The van der Waals surface area contributed by atoms with E-state index in [2.05, 4.69) is 0 Å². The lowest BCUT2D eigenvalue weighted by Crippen LogP contribution is -2.39. The minimum absolute atomic E-state index is 0.00452. The summed E-state index contributed by atoms with van der Waals surface area (Å²) >= 11 is 6.36. The number of fused-ring (bicyclic) bond motifs is 1.